The molecule has 6 heteroatoms. The van der Waals surface area contributed by atoms with Gasteiger partial charge in [-0.1, -0.05) is 13.0 Å². The zero-order valence-corrected chi connectivity index (χ0v) is 12.6. The molecule has 2 aromatic rings. The lowest BCUT2D eigenvalue weighted by molar-refractivity contribution is 0.0952. The zero-order valence-electron chi connectivity index (χ0n) is 11.0. The van der Waals surface area contributed by atoms with Gasteiger partial charge in [0.15, 0.2) is 0 Å². The number of hydrogen-bond donors (Lipinski definition) is 2. The summed E-state index contributed by atoms with van der Waals surface area (Å²) in [5, 5.41) is 2.79. The number of nitrogens with one attached hydrogen (secondary N) is 2. The van der Waals surface area contributed by atoms with Crippen molar-refractivity contribution >= 4 is 21.8 Å². The van der Waals surface area contributed by atoms with Gasteiger partial charge >= 0.3 is 0 Å². The fourth-order valence-electron chi connectivity index (χ4n) is 1.94. The van der Waals surface area contributed by atoms with Crippen molar-refractivity contribution in [3.05, 3.63) is 51.8 Å². The topological polar surface area (TPSA) is 57.8 Å². The van der Waals surface area contributed by atoms with E-state index in [2.05, 4.69) is 31.2 Å². The van der Waals surface area contributed by atoms with Crippen molar-refractivity contribution in [2.24, 2.45) is 0 Å². The maximum atomic E-state index is 13.2. The van der Waals surface area contributed by atoms with E-state index < -0.39 is 5.82 Å². The molecule has 0 radical (unpaired) electrons. The molecular formula is C14H15BrFN3O. The van der Waals surface area contributed by atoms with E-state index in [0.717, 1.165) is 15.9 Å². The van der Waals surface area contributed by atoms with Crippen LogP contribution in [-0.2, 0) is 12.8 Å². The van der Waals surface area contributed by atoms with E-state index in [0.29, 0.717) is 24.9 Å². The minimum absolute atomic E-state index is 0.253. The first-order valence-electron chi connectivity index (χ1n) is 6.36. The van der Waals surface area contributed by atoms with Crippen LogP contribution >= 0.6 is 15.9 Å². The van der Waals surface area contributed by atoms with Crippen LogP contribution in [0, 0.1) is 5.82 Å². The van der Waals surface area contributed by atoms with Gasteiger partial charge in [0.05, 0.1) is 12.0 Å². The van der Waals surface area contributed by atoms with Crippen molar-refractivity contribution in [3.63, 3.8) is 0 Å². The van der Waals surface area contributed by atoms with Crippen molar-refractivity contribution in [3.8, 4) is 0 Å². The van der Waals surface area contributed by atoms with Crippen molar-refractivity contribution < 1.29 is 9.18 Å². The average Bonchev–Trinajstić information content (AvgIpc) is 2.84. The van der Waals surface area contributed by atoms with E-state index in [4.69, 9.17) is 0 Å². The highest BCUT2D eigenvalue weighted by atomic mass is 79.9. The minimum Gasteiger partial charge on any atom is -0.352 e. The van der Waals surface area contributed by atoms with Crippen LogP contribution in [0.2, 0.25) is 0 Å². The van der Waals surface area contributed by atoms with E-state index >= 15 is 0 Å². The predicted octanol–water partition coefficient (Wildman–Crippen LogP) is 2.85. The van der Waals surface area contributed by atoms with Gasteiger partial charge in [0.25, 0.3) is 5.91 Å². The van der Waals surface area contributed by atoms with Crippen LogP contribution < -0.4 is 5.32 Å². The number of aromatic nitrogens is 2. The number of carbonyl (C=O) groups excluding carboxylic acids is 1. The number of imidazole rings is 1. The van der Waals surface area contributed by atoms with Crippen LogP contribution in [0.1, 0.15) is 28.5 Å². The number of benzene rings is 1. The maximum Gasteiger partial charge on any atom is 0.251 e. The second-order valence-electron chi connectivity index (χ2n) is 4.33. The summed E-state index contributed by atoms with van der Waals surface area (Å²) in [5.41, 5.74) is 2.16. The van der Waals surface area contributed by atoms with Gasteiger partial charge in [0, 0.05) is 18.5 Å². The Labute approximate surface area is 124 Å². The molecule has 0 aliphatic heterocycles. The smallest absolute Gasteiger partial charge is 0.251 e. The van der Waals surface area contributed by atoms with Gasteiger partial charge in [0.2, 0.25) is 0 Å². The summed E-state index contributed by atoms with van der Waals surface area (Å²) in [6.45, 7) is 2.39. The number of H-pyrrole nitrogens is 1. The summed E-state index contributed by atoms with van der Waals surface area (Å²) in [6.07, 6.45) is 2.90. The summed E-state index contributed by atoms with van der Waals surface area (Å²) in [6, 6.07) is 4.30. The average molecular weight is 340 g/mol. The second kappa shape index (κ2) is 6.65. The molecule has 0 fully saturated rings. The fraction of sp³-hybridized carbons (Fsp3) is 0.286. The Balaban J connectivity index is 1.98. The first-order valence-corrected chi connectivity index (χ1v) is 7.15. The standard InChI is InChI=1S/C14H15BrFN3O/c1-2-9-3-4-10(16)7-11(9)14(20)17-6-5-12-13(15)19-8-18-12/h3-4,7-8H,2,5-6H2,1H3,(H,17,20)(H,18,19). The molecule has 1 aromatic heterocycles. The van der Waals surface area contributed by atoms with E-state index in [1.807, 2.05) is 6.92 Å². The lowest BCUT2D eigenvalue weighted by atomic mass is 10.0. The number of nitrogens with zero attached hydrogens (tertiary/aromatic N) is 1. The number of aromatic amines is 1. The first-order chi connectivity index (χ1) is 9.61. The quantitative estimate of drug-likeness (QED) is 0.879. The molecule has 1 heterocycles. The molecule has 0 unspecified atom stereocenters. The third kappa shape index (κ3) is 3.45. The molecule has 0 saturated carbocycles. The third-order valence-electron chi connectivity index (χ3n) is 3.02. The monoisotopic (exact) mass is 339 g/mol. The summed E-state index contributed by atoms with van der Waals surface area (Å²) in [5.74, 6) is -0.652. The van der Waals surface area contributed by atoms with Gasteiger partial charge in [-0.05, 0) is 40.0 Å². The number of halogens is 2. The normalized spacial score (nSPS) is 10.6. The van der Waals surface area contributed by atoms with E-state index in [1.54, 1.807) is 12.4 Å². The molecule has 0 saturated heterocycles. The summed E-state index contributed by atoms with van der Waals surface area (Å²) < 4.78 is 14.0. The van der Waals surface area contributed by atoms with Crippen LogP contribution in [0.25, 0.3) is 0 Å². The van der Waals surface area contributed by atoms with Crippen LogP contribution in [-0.4, -0.2) is 22.4 Å². The Morgan fingerprint density at radius 3 is 2.95 bits per heavy atom. The Hall–Kier alpha value is -1.69. The number of aryl methyl sites for hydroxylation is 1. The van der Waals surface area contributed by atoms with Crippen molar-refractivity contribution in [2.75, 3.05) is 6.54 Å². The Morgan fingerprint density at radius 2 is 2.30 bits per heavy atom. The lowest BCUT2D eigenvalue weighted by Gasteiger charge is -2.09. The number of rotatable bonds is 5. The third-order valence-corrected chi connectivity index (χ3v) is 3.71. The highest BCUT2D eigenvalue weighted by Gasteiger charge is 2.11. The van der Waals surface area contributed by atoms with E-state index in [-0.39, 0.29) is 5.91 Å². The van der Waals surface area contributed by atoms with Gasteiger partial charge in [-0.3, -0.25) is 4.79 Å². The molecule has 106 valence electrons. The molecule has 0 atom stereocenters. The largest absolute Gasteiger partial charge is 0.352 e. The maximum absolute atomic E-state index is 13.2. The van der Waals surface area contributed by atoms with Gasteiger partial charge in [-0.2, -0.15) is 0 Å². The van der Waals surface area contributed by atoms with Crippen LogP contribution in [0.15, 0.2) is 29.1 Å². The van der Waals surface area contributed by atoms with Crippen LogP contribution in [0.5, 0.6) is 0 Å². The number of amides is 1. The summed E-state index contributed by atoms with van der Waals surface area (Å²) in [4.78, 5) is 19.1. The Bertz CT molecular complexity index is 612. The number of carbonyl (C=O) groups is 1. The van der Waals surface area contributed by atoms with E-state index in [1.165, 1.54) is 12.1 Å². The molecule has 20 heavy (non-hydrogen) atoms. The molecule has 2 rings (SSSR count). The van der Waals surface area contributed by atoms with Gasteiger partial charge < -0.3 is 10.3 Å². The van der Waals surface area contributed by atoms with Crippen LogP contribution in [0.3, 0.4) is 0 Å². The molecular weight excluding hydrogens is 325 g/mol. The molecule has 4 nitrogen and oxygen atoms in total. The molecule has 0 spiro atoms. The van der Waals surface area contributed by atoms with Gasteiger partial charge in [0.1, 0.15) is 10.4 Å². The highest BCUT2D eigenvalue weighted by molar-refractivity contribution is 9.10. The molecule has 0 aliphatic carbocycles. The molecule has 2 N–H and O–H groups in total. The van der Waals surface area contributed by atoms with Crippen molar-refractivity contribution in [1.82, 2.24) is 15.3 Å². The molecule has 1 amide bonds. The van der Waals surface area contributed by atoms with E-state index in [9.17, 15) is 9.18 Å². The molecule has 0 aliphatic rings. The summed E-state index contributed by atoms with van der Waals surface area (Å²) >= 11 is 3.31. The fourth-order valence-corrected chi connectivity index (χ4v) is 2.36. The van der Waals surface area contributed by atoms with Gasteiger partial charge in [-0.25, -0.2) is 9.37 Å². The van der Waals surface area contributed by atoms with Crippen LogP contribution in [0.4, 0.5) is 4.39 Å². The molecule has 0 bridgehead atoms. The van der Waals surface area contributed by atoms with Crippen molar-refractivity contribution in [2.45, 2.75) is 19.8 Å². The zero-order chi connectivity index (χ0) is 14.5. The number of hydrogen-bond acceptors (Lipinski definition) is 2. The summed E-state index contributed by atoms with van der Waals surface area (Å²) in [7, 11) is 0. The molecule has 1 aromatic carbocycles. The minimum atomic E-state index is -0.399. The first kappa shape index (κ1) is 14.7. The lowest BCUT2D eigenvalue weighted by Crippen LogP contribution is -2.27. The Morgan fingerprint density at radius 1 is 1.50 bits per heavy atom. The predicted molar refractivity (Wildman–Crippen MR) is 78.1 cm³/mol. The van der Waals surface area contributed by atoms with Gasteiger partial charge in [-0.15, -0.1) is 0 Å². The van der Waals surface area contributed by atoms with Crippen molar-refractivity contribution in [1.29, 1.82) is 0 Å². The highest BCUT2D eigenvalue weighted by Crippen LogP contribution is 2.13. The Kier molecular flexibility index (Phi) is 4.89. The second-order valence-corrected chi connectivity index (χ2v) is 5.08. The SMILES string of the molecule is CCc1ccc(F)cc1C(=O)NCCc1[nH]cnc1Br.